The lowest BCUT2D eigenvalue weighted by Crippen LogP contribution is -2.13. The maximum atomic E-state index is 12.7. The Morgan fingerprint density at radius 3 is 2.57 bits per heavy atom. The summed E-state index contributed by atoms with van der Waals surface area (Å²) in [4.78, 5) is 27.4. The second-order valence-electron chi connectivity index (χ2n) is 5.77. The summed E-state index contributed by atoms with van der Waals surface area (Å²) >= 11 is 0. The Bertz CT molecular complexity index is 922. The maximum Gasteiger partial charge on any atom is 0.258 e. The third-order valence-electron chi connectivity index (χ3n) is 3.90. The lowest BCUT2D eigenvalue weighted by Gasteiger charge is -2.07. The molecule has 0 unspecified atom stereocenters. The fourth-order valence-corrected chi connectivity index (χ4v) is 2.75. The van der Waals surface area contributed by atoms with E-state index in [1.165, 1.54) is 6.92 Å². The van der Waals surface area contributed by atoms with Gasteiger partial charge in [-0.05, 0) is 44.5 Å². The Kier molecular flexibility index (Phi) is 3.74. The molecule has 1 heterocycles. The van der Waals surface area contributed by atoms with E-state index in [1.807, 2.05) is 32.0 Å². The minimum absolute atomic E-state index is 0.0279. The van der Waals surface area contributed by atoms with Crippen molar-refractivity contribution >= 4 is 28.3 Å². The van der Waals surface area contributed by atoms with Gasteiger partial charge in [-0.25, -0.2) is 0 Å². The number of nitrogens with one attached hydrogen (secondary N) is 2. The van der Waals surface area contributed by atoms with Gasteiger partial charge in [0, 0.05) is 27.8 Å². The van der Waals surface area contributed by atoms with Crippen LogP contribution in [0.1, 0.15) is 38.9 Å². The van der Waals surface area contributed by atoms with Gasteiger partial charge in [-0.15, -0.1) is 0 Å². The van der Waals surface area contributed by atoms with Crippen molar-refractivity contribution in [2.24, 2.45) is 0 Å². The van der Waals surface area contributed by atoms with Crippen LogP contribution in [-0.4, -0.2) is 16.7 Å². The number of benzene rings is 2. The molecule has 0 saturated carbocycles. The van der Waals surface area contributed by atoms with Crippen molar-refractivity contribution in [1.82, 2.24) is 4.98 Å². The number of carbonyl (C=O) groups excluding carboxylic acids is 2. The lowest BCUT2D eigenvalue weighted by molar-refractivity contribution is 0.101. The van der Waals surface area contributed by atoms with E-state index in [4.69, 9.17) is 0 Å². The van der Waals surface area contributed by atoms with Crippen LogP contribution in [-0.2, 0) is 0 Å². The molecule has 0 atom stereocenters. The van der Waals surface area contributed by atoms with E-state index in [2.05, 4.69) is 10.3 Å². The van der Waals surface area contributed by atoms with Crippen LogP contribution in [0.3, 0.4) is 0 Å². The third-order valence-corrected chi connectivity index (χ3v) is 3.90. The summed E-state index contributed by atoms with van der Waals surface area (Å²) in [6, 6.07) is 12.9. The summed E-state index contributed by atoms with van der Waals surface area (Å²) in [6.45, 7) is 5.41. The second-order valence-corrected chi connectivity index (χ2v) is 5.77. The number of carbonyl (C=O) groups is 2. The number of ketones is 1. The van der Waals surface area contributed by atoms with Gasteiger partial charge in [-0.2, -0.15) is 0 Å². The molecule has 116 valence electrons. The Hall–Kier alpha value is -2.88. The van der Waals surface area contributed by atoms with Gasteiger partial charge < -0.3 is 10.3 Å². The number of anilines is 1. The summed E-state index contributed by atoms with van der Waals surface area (Å²) in [6.07, 6.45) is 0. The fourth-order valence-electron chi connectivity index (χ4n) is 2.75. The summed E-state index contributed by atoms with van der Waals surface area (Å²) in [7, 11) is 0. The van der Waals surface area contributed by atoms with Crippen LogP contribution in [0.15, 0.2) is 42.5 Å². The van der Waals surface area contributed by atoms with E-state index >= 15 is 0 Å². The highest BCUT2D eigenvalue weighted by molar-refractivity contribution is 6.14. The number of aromatic nitrogens is 1. The monoisotopic (exact) mass is 306 g/mol. The summed E-state index contributed by atoms with van der Waals surface area (Å²) in [5.41, 5.74) is 4.74. The molecule has 3 rings (SSSR count). The molecule has 0 saturated heterocycles. The predicted octanol–water partition coefficient (Wildman–Crippen LogP) is 4.24. The highest BCUT2D eigenvalue weighted by atomic mass is 16.1. The van der Waals surface area contributed by atoms with Gasteiger partial charge in [0.25, 0.3) is 5.91 Å². The number of rotatable bonds is 3. The molecule has 0 aliphatic rings. The Morgan fingerprint density at radius 2 is 1.83 bits per heavy atom. The van der Waals surface area contributed by atoms with Crippen molar-refractivity contribution in [3.05, 3.63) is 64.8 Å². The predicted molar refractivity (Wildman–Crippen MR) is 92.2 cm³/mol. The molecule has 0 aliphatic heterocycles. The zero-order valence-corrected chi connectivity index (χ0v) is 13.4. The zero-order chi connectivity index (χ0) is 16.6. The molecule has 3 aromatic rings. The van der Waals surface area contributed by atoms with Crippen molar-refractivity contribution in [3.63, 3.8) is 0 Å². The van der Waals surface area contributed by atoms with Gasteiger partial charge in [-0.1, -0.05) is 24.3 Å². The number of fused-ring (bicyclic) bond motifs is 1. The van der Waals surface area contributed by atoms with Crippen LogP contribution in [0.2, 0.25) is 0 Å². The second kappa shape index (κ2) is 5.72. The molecule has 0 spiro atoms. The van der Waals surface area contributed by atoms with E-state index in [0.29, 0.717) is 16.8 Å². The molecule has 4 heteroatoms. The zero-order valence-electron chi connectivity index (χ0n) is 13.4. The van der Waals surface area contributed by atoms with E-state index < -0.39 is 0 Å². The maximum absolute atomic E-state index is 12.7. The molecule has 2 N–H and O–H groups in total. The fraction of sp³-hybridized carbons (Fsp3) is 0.158. The van der Waals surface area contributed by atoms with Gasteiger partial charge in [-0.3, -0.25) is 9.59 Å². The molecular weight excluding hydrogens is 288 g/mol. The number of amides is 1. The van der Waals surface area contributed by atoms with Crippen molar-refractivity contribution in [2.75, 3.05) is 5.32 Å². The van der Waals surface area contributed by atoms with Crippen LogP contribution in [0, 0.1) is 13.8 Å². The van der Waals surface area contributed by atoms with Gasteiger partial charge in [0.2, 0.25) is 0 Å². The minimum Gasteiger partial charge on any atom is -0.358 e. The highest BCUT2D eigenvalue weighted by Gasteiger charge is 2.16. The first kappa shape index (κ1) is 15.0. The van der Waals surface area contributed by atoms with Crippen LogP contribution >= 0.6 is 0 Å². The molecule has 0 aliphatic carbocycles. The standard InChI is InChI=1S/C19H18N2O2/c1-11-7-8-16-17(9-11)20-12(2)18(16)19(23)21-15-6-4-5-14(10-15)13(3)22/h4-10,20H,1-3H3,(H,21,23). The van der Waals surface area contributed by atoms with E-state index in [0.717, 1.165) is 22.2 Å². The molecule has 4 nitrogen and oxygen atoms in total. The summed E-state index contributed by atoms with van der Waals surface area (Å²) < 4.78 is 0. The van der Waals surface area contributed by atoms with Gasteiger partial charge in [0.05, 0.1) is 5.56 Å². The van der Waals surface area contributed by atoms with Gasteiger partial charge in [0.15, 0.2) is 5.78 Å². The topological polar surface area (TPSA) is 62.0 Å². The number of aromatic amines is 1. The molecule has 1 aromatic heterocycles. The van der Waals surface area contributed by atoms with Gasteiger partial charge in [0.1, 0.15) is 0 Å². The normalized spacial score (nSPS) is 10.7. The van der Waals surface area contributed by atoms with Crippen LogP contribution in [0.5, 0.6) is 0 Å². The Balaban J connectivity index is 1.96. The van der Waals surface area contributed by atoms with Crippen LogP contribution in [0.4, 0.5) is 5.69 Å². The first-order valence-electron chi connectivity index (χ1n) is 7.47. The van der Waals surface area contributed by atoms with Crippen molar-refractivity contribution < 1.29 is 9.59 Å². The first-order chi connectivity index (χ1) is 11.0. The molecule has 2 aromatic carbocycles. The number of aryl methyl sites for hydroxylation is 2. The number of hydrogen-bond acceptors (Lipinski definition) is 2. The average molecular weight is 306 g/mol. The van der Waals surface area contributed by atoms with Gasteiger partial charge >= 0.3 is 0 Å². The Labute approximate surface area is 134 Å². The SMILES string of the molecule is CC(=O)c1cccc(NC(=O)c2c(C)[nH]c3cc(C)ccc23)c1. The van der Waals surface area contributed by atoms with E-state index in [-0.39, 0.29) is 11.7 Å². The first-order valence-corrected chi connectivity index (χ1v) is 7.47. The van der Waals surface area contributed by atoms with Crippen LogP contribution in [0.25, 0.3) is 10.9 Å². The average Bonchev–Trinajstić information content (AvgIpc) is 2.82. The van der Waals surface area contributed by atoms with Crippen molar-refractivity contribution in [1.29, 1.82) is 0 Å². The van der Waals surface area contributed by atoms with Crippen LogP contribution < -0.4 is 5.32 Å². The smallest absolute Gasteiger partial charge is 0.258 e. The number of hydrogen-bond donors (Lipinski definition) is 2. The lowest BCUT2D eigenvalue weighted by atomic mass is 10.1. The molecule has 0 fully saturated rings. The largest absolute Gasteiger partial charge is 0.358 e. The number of Topliss-reactive ketones (excluding diaryl/α,β-unsaturated/α-hetero) is 1. The summed E-state index contributed by atoms with van der Waals surface area (Å²) in [5, 5.41) is 3.77. The number of H-pyrrole nitrogens is 1. The minimum atomic E-state index is -0.182. The van der Waals surface area contributed by atoms with Crippen molar-refractivity contribution in [3.8, 4) is 0 Å². The summed E-state index contributed by atoms with van der Waals surface area (Å²) in [5.74, 6) is -0.210. The third kappa shape index (κ3) is 2.88. The molecule has 0 bridgehead atoms. The Morgan fingerprint density at radius 1 is 1.04 bits per heavy atom. The molecular formula is C19H18N2O2. The molecule has 0 radical (unpaired) electrons. The molecule has 1 amide bonds. The van der Waals surface area contributed by atoms with E-state index in [9.17, 15) is 9.59 Å². The quantitative estimate of drug-likeness (QED) is 0.711. The van der Waals surface area contributed by atoms with Crippen molar-refractivity contribution in [2.45, 2.75) is 20.8 Å². The van der Waals surface area contributed by atoms with E-state index in [1.54, 1.807) is 24.3 Å². The molecule has 23 heavy (non-hydrogen) atoms. The highest BCUT2D eigenvalue weighted by Crippen LogP contribution is 2.24.